The van der Waals surface area contributed by atoms with E-state index in [1.165, 1.54) is 24.2 Å². The van der Waals surface area contributed by atoms with Crippen LogP contribution in [0.2, 0.25) is 0 Å². The van der Waals surface area contributed by atoms with E-state index in [9.17, 15) is 8.42 Å². The predicted octanol–water partition coefficient (Wildman–Crippen LogP) is 0.581. The molecule has 1 aliphatic heterocycles. The molecule has 0 unspecified atom stereocenters. The SMILES string of the molecule is NCc1ccc(S(=O)(=O)NCCN2CCCC2)s1. The Morgan fingerprint density at radius 3 is 2.67 bits per heavy atom. The van der Waals surface area contributed by atoms with Crippen molar-refractivity contribution in [2.75, 3.05) is 26.2 Å². The average molecular weight is 289 g/mol. The molecule has 1 saturated heterocycles. The number of nitrogens with zero attached hydrogens (tertiary/aromatic N) is 1. The second-order valence-corrected chi connectivity index (χ2v) is 7.53. The lowest BCUT2D eigenvalue weighted by Gasteiger charge is -2.14. The highest BCUT2D eigenvalue weighted by atomic mass is 32.2. The number of hydrogen-bond donors (Lipinski definition) is 2. The highest BCUT2D eigenvalue weighted by molar-refractivity contribution is 7.91. The molecule has 0 radical (unpaired) electrons. The fourth-order valence-corrected chi connectivity index (χ4v) is 4.33. The second-order valence-electron chi connectivity index (χ2n) is 4.37. The normalized spacial score (nSPS) is 17.4. The topological polar surface area (TPSA) is 75.4 Å². The Bertz CT molecular complexity index is 478. The molecule has 0 atom stereocenters. The highest BCUT2D eigenvalue weighted by Gasteiger charge is 2.17. The van der Waals surface area contributed by atoms with Gasteiger partial charge in [-0.1, -0.05) is 0 Å². The van der Waals surface area contributed by atoms with Crippen molar-refractivity contribution in [3.63, 3.8) is 0 Å². The minimum Gasteiger partial charge on any atom is -0.326 e. The van der Waals surface area contributed by atoms with E-state index in [-0.39, 0.29) is 0 Å². The van der Waals surface area contributed by atoms with Crippen LogP contribution >= 0.6 is 11.3 Å². The zero-order valence-corrected chi connectivity index (χ0v) is 11.9. The summed E-state index contributed by atoms with van der Waals surface area (Å²) in [7, 11) is -3.35. The van der Waals surface area contributed by atoms with Gasteiger partial charge in [-0.3, -0.25) is 0 Å². The molecule has 7 heteroatoms. The lowest BCUT2D eigenvalue weighted by Crippen LogP contribution is -2.33. The van der Waals surface area contributed by atoms with Crippen molar-refractivity contribution >= 4 is 21.4 Å². The van der Waals surface area contributed by atoms with Gasteiger partial charge in [0, 0.05) is 24.5 Å². The Morgan fingerprint density at radius 1 is 1.33 bits per heavy atom. The zero-order chi connectivity index (χ0) is 13.0. The molecule has 1 fully saturated rings. The summed E-state index contributed by atoms with van der Waals surface area (Å²) < 4.78 is 26.9. The smallest absolute Gasteiger partial charge is 0.250 e. The van der Waals surface area contributed by atoms with Gasteiger partial charge in [0.1, 0.15) is 4.21 Å². The first-order valence-electron chi connectivity index (χ1n) is 6.12. The third kappa shape index (κ3) is 3.52. The van der Waals surface area contributed by atoms with Gasteiger partial charge in [0.15, 0.2) is 0 Å². The molecule has 0 amide bonds. The zero-order valence-electron chi connectivity index (χ0n) is 10.3. The molecule has 102 valence electrons. The molecule has 0 spiro atoms. The van der Waals surface area contributed by atoms with Gasteiger partial charge in [-0.2, -0.15) is 0 Å². The van der Waals surface area contributed by atoms with Crippen LogP contribution < -0.4 is 10.5 Å². The fourth-order valence-electron chi connectivity index (χ4n) is 2.03. The monoisotopic (exact) mass is 289 g/mol. The van der Waals surface area contributed by atoms with Crippen LogP contribution in [0.25, 0.3) is 0 Å². The first kappa shape index (κ1) is 14.0. The second kappa shape index (κ2) is 6.12. The fraction of sp³-hybridized carbons (Fsp3) is 0.636. The highest BCUT2D eigenvalue weighted by Crippen LogP contribution is 2.20. The number of nitrogens with one attached hydrogen (secondary N) is 1. The summed E-state index contributed by atoms with van der Waals surface area (Å²) in [5, 5.41) is 0. The molecule has 1 aromatic rings. The molecule has 2 heterocycles. The largest absolute Gasteiger partial charge is 0.326 e. The van der Waals surface area contributed by atoms with Gasteiger partial charge in [0.05, 0.1) is 0 Å². The lowest BCUT2D eigenvalue weighted by atomic mass is 10.4. The van der Waals surface area contributed by atoms with E-state index in [2.05, 4.69) is 9.62 Å². The van der Waals surface area contributed by atoms with Crippen molar-refractivity contribution in [2.24, 2.45) is 5.73 Å². The Hall–Kier alpha value is -0.470. The van der Waals surface area contributed by atoms with Crippen LogP contribution in [-0.4, -0.2) is 39.5 Å². The third-order valence-electron chi connectivity index (χ3n) is 3.02. The Balaban J connectivity index is 1.86. The molecule has 5 nitrogen and oxygen atoms in total. The van der Waals surface area contributed by atoms with E-state index < -0.39 is 10.0 Å². The number of sulfonamides is 1. The molecule has 0 saturated carbocycles. The van der Waals surface area contributed by atoms with Gasteiger partial charge < -0.3 is 10.6 Å². The van der Waals surface area contributed by atoms with E-state index in [1.54, 1.807) is 12.1 Å². The maximum Gasteiger partial charge on any atom is 0.250 e. The first-order chi connectivity index (χ1) is 8.62. The van der Waals surface area contributed by atoms with Gasteiger partial charge in [-0.25, -0.2) is 13.1 Å². The molecular formula is C11H19N3O2S2. The molecule has 2 rings (SSSR count). The van der Waals surface area contributed by atoms with Crippen LogP contribution in [0.15, 0.2) is 16.3 Å². The van der Waals surface area contributed by atoms with E-state index in [0.29, 0.717) is 17.3 Å². The van der Waals surface area contributed by atoms with Crippen molar-refractivity contribution in [3.8, 4) is 0 Å². The lowest BCUT2D eigenvalue weighted by molar-refractivity contribution is 0.344. The maximum absolute atomic E-state index is 12.0. The van der Waals surface area contributed by atoms with Crippen LogP contribution in [0.4, 0.5) is 0 Å². The number of thiophene rings is 1. The van der Waals surface area contributed by atoms with Crippen LogP contribution in [0.5, 0.6) is 0 Å². The predicted molar refractivity (Wildman–Crippen MR) is 73.1 cm³/mol. The molecule has 18 heavy (non-hydrogen) atoms. The van der Waals surface area contributed by atoms with Gasteiger partial charge in [-0.15, -0.1) is 11.3 Å². The van der Waals surface area contributed by atoms with Crippen LogP contribution in [-0.2, 0) is 16.6 Å². The van der Waals surface area contributed by atoms with Crippen LogP contribution in [0.3, 0.4) is 0 Å². The number of likely N-dealkylation sites (tertiary alicyclic amines) is 1. The Labute approximate surface area is 112 Å². The van der Waals surface area contributed by atoms with Gasteiger partial charge in [-0.05, 0) is 38.1 Å². The van der Waals surface area contributed by atoms with E-state index >= 15 is 0 Å². The third-order valence-corrected chi connectivity index (χ3v) is 6.08. The molecule has 1 aromatic heterocycles. The summed E-state index contributed by atoms with van der Waals surface area (Å²) in [4.78, 5) is 3.16. The molecule has 1 aliphatic rings. The molecule has 3 N–H and O–H groups in total. The number of rotatable bonds is 6. The minimum atomic E-state index is -3.35. The van der Waals surface area contributed by atoms with Gasteiger partial charge >= 0.3 is 0 Å². The standard InChI is InChI=1S/C11H19N3O2S2/c12-9-10-3-4-11(17-10)18(15,16)13-5-8-14-6-1-2-7-14/h3-4,13H,1-2,5-9,12H2. The minimum absolute atomic E-state index is 0.351. The van der Waals surface area contributed by atoms with Gasteiger partial charge in [0.2, 0.25) is 10.0 Å². The molecule has 0 aliphatic carbocycles. The summed E-state index contributed by atoms with van der Waals surface area (Å²) in [5.41, 5.74) is 5.48. The summed E-state index contributed by atoms with van der Waals surface area (Å²) in [6.07, 6.45) is 2.44. The van der Waals surface area contributed by atoms with E-state index in [1.807, 2.05) is 0 Å². The van der Waals surface area contributed by atoms with Crippen molar-refractivity contribution in [1.82, 2.24) is 9.62 Å². The Morgan fingerprint density at radius 2 is 2.06 bits per heavy atom. The van der Waals surface area contributed by atoms with E-state index in [0.717, 1.165) is 24.5 Å². The Kier molecular flexibility index (Phi) is 4.74. The summed E-state index contributed by atoms with van der Waals surface area (Å²) in [6, 6.07) is 3.38. The summed E-state index contributed by atoms with van der Waals surface area (Å²) in [5.74, 6) is 0. The molecular weight excluding hydrogens is 270 g/mol. The van der Waals surface area contributed by atoms with Crippen molar-refractivity contribution in [3.05, 3.63) is 17.0 Å². The average Bonchev–Trinajstić information content (AvgIpc) is 2.99. The van der Waals surface area contributed by atoms with Crippen molar-refractivity contribution in [2.45, 2.75) is 23.6 Å². The van der Waals surface area contributed by atoms with Crippen molar-refractivity contribution in [1.29, 1.82) is 0 Å². The number of hydrogen-bond acceptors (Lipinski definition) is 5. The molecule has 0 bridgehead atoms. The van der Waals surface area contributed by atoms with Gasteiger partial charge in [0.25, 0.3) is 0 Å². The summed E-state index contributed by atoms with van der Waals surface area (Å²) >= 11 is 1.23. The van der Waals surface area contributed by atoms with Crippen molar-refractivity contribution < 1.29 is 8.42 Å². The number of nitrogens with two attached hydrogens (primary N) is 1. The first-order valence-corrected chi connectivity index (χ1v) is 8.42. The maximum atomic E-state index is 12.0. The quantitative estimate of drug-likeness (QED) is 0.803. The summed E-state index contributed by atoms with van der Waals surface area (Å²) in [6.45, 7) is 3.80. The van der Waals surface area contributed by atoms with Crippen LogP contribution in [0, 0.1) is 0 Å². The van der Waals surface area contributed by atoms with E-state index in [4.69, 9.17) is 5.73 Å². The molecule has 0 aromatic carbocycles. The van der Waals surface area contributed by atoms with Crippen LogP contribution in [0.1, 0.15) is 17.7 Å².